The SMILES string of the molecule is CSC1(C#N)CCN(CC=CCl)CC1. The summed E-state index contributed by atoms with van der Waals surface area (Å²) in [5, 5.41) is 9.08. The highest BCUT2D eigenvalue weighted by molar-refractivity contribution is 8.00. The molecule has 1 fully saturated rings. The van der Waals surface area contributed by atoms with E-state index in [-0.39, 0.29) is 4.75 Å². The highest BCUT2D eigenvalue weighted by atomic mass is 35.5. The molecule has 2 nitrogen and oxygen atoms in total. The smallest absolute Gasteiger partial charge is 0.104 e. The molecule has 1 heterocycles. The maximum atomic E-state index is 9.08. The molecule has 0 aromatic heterocycles. The zero-order valence-corrected chi connectivity index (χ0v) is 9.94. The van der Waals surface area contributed by atoms with Crippen LogP contribution < -0.4 is 0 Å². The molecule has 0 spiro atoms. The van der Waals surface area contributed by atoms with Crippen LogP contribution in [0.1, 0.15) is 12.8 Å². The normalized spacial score (nSPS) is 22.4. The first-order valence-electron chi connectivity index (χ1n) is 4.70. The molecule has 0 aromatic rings. The summed E-state index contributed by atoms with van der Waals surface area (Å²) >= 11 is 7.15. The monoisotopic (exact) mass is 230 g/mol. The summed E-state index contributed by atoms with van der Waals surface area (Å²) in [4.78, 5) is 2.32. The maximum Gasteiger partial charge on any atom is 0.104 e. The Morgan fingerprint density at radius 3 is 2.64 bits per heavy atom. The zero-order valence-electron chi connectivity index (χ0n) is 8.37. The van der Waals surface area contributed by atoms with E-state index in [2.05, 4.69) is 11.0 Å². The van der Waals surface area contributed by atoms with Crippen LogP contribution in [0.4, 0.5) is 0 Å². The van der Waals surface area contributed by atoms with Crippen LogP contribution in [0.3, 0.4) is 0 Å². The largest absolute Gasteiger partial charge is 0.299 e. The van der Waals surface area contributed by atoms with E-state index in [1.807, 2.05) is 12.3 Å². The van der Waals surface area contributed by atoms with Crippen molar-refractivity contribution < 1.29 is 0 Å². The Morgan fingerprint density at radius 1 is 1.57 bits per heavy atom. The van der Waals surface area contributed by atoms with E-state index < -0.39 is 0 Å². The number of nitrogens with zero attached hydrogens (tertiary/aromatic N) is 2. The highest BCUT2D eigenvalue weighted by Crippen LogP contribution is 2.33. The first kappa shape index (κ1) is 11.9. The average molecular weight is 231 g/mol. The van der Waals surface area contributed by atoms with Crippen molar-refractivity contribution in [2.24, 2.45) is 0 Å². The average Bonchev–Trinajstić information content (AvgIpc) is 2.27. The van der Waals surface area contributed by atoms with Crippen molar-refractivity contribution in [2.45, 2.75) is 17.6 Å². The van der Waals surface area contributed by atoms with E-state index in [0.29, 0.717) is 0 Å². The first-order valence-corrected chi connectivity index (χ1v) is 6.36. The molecule has 0 bridgehead atoms. The number of thioether (sulfide) groups is 1. The number of rotatable bonds is 3. The molecule has 0 saturated carbocycles. The topological polar surface area (TPSA) is 27.0 Å². The molecule has 0 aliphatic carbocycles. The van der Waals surface area contributed by atoms with Crippen LogP contribution in [0, 0.1) is 11.3 Å². The van der Waals surface area contributed by atoms with Crippen LogP contribution in [0.15, 0.2) is 11.6 Å². The Kier molecular flexibility index (Phi) is 4.80. The maximum absolute atomic E-state index is 9.08. The lowest BCUT2D eigenvalue weighted by atomic mass is 9.97. The van der Waals surface area contributed by atoms with Crippen LogP contribution in [-0.2, 0) is 0 Å². The summed E-state index contributed by atoms with van der Waals surface area (Å²) in [6.45, 7) is 2.89. The molecule has 0 atom stereocenters. The van der Waals surface area contributed by atoms with Gasteiger partial charge in [0.1, 0.15) is 4.75 Å². The minimum atomic E-state index is -0.138. The quantitative estimate of drug-likeness (QED) is 0.746. The molecule has 0 aromatic carbocycles. The Labute approximate surface area is 94.9 Å². The molecule has 1 aliphatic heterocycles. The van der Waals surface area contributed by atoms with Gasteiger partial charge < -0.3 is 0 Å². The first-order chi connectivity index (χ1) is 6.76. The standard InChI is InChI=1S/C10H15ClN2S/c1-14-10(9-12)3-7-13(8-4-10)6-2-5-11/h2,5H,3-4,6-8H2,1H3. The van der Waals surface area contributed by atoms with Gasteiger partial charge in [0.25, 0.3) is 0 Å². The molecule has 1 aliphatic rings. The summed E-state index contributed by atoms with van der Waals surface area (Å²) in [5.41, 5.74) is 1.56. The van der Waals surface area contributed by atoms with Gasteiger partial charge in [-0.25, -0.2) is 0 Å². The zero-order chi connectivity index (χ0) is 10.4. The van der Waals surface area contributed by atoms with E-state index in [4.69, 9.17) is 16.9 Å². The molecule has 4 heteroatoms. The Hall–Kier alpha value is -0.170. The van der Waals surface area contributed by atoms with Gasteiger partial charge in [0.05, 0.1) is 6.07 Å². The van der Waals surface area contributed by atoms with Gasteiger partial charge in [0, 0.05) is 25.2 Å². The van der Waals surface area contributed by atoms with E-state index in [1.54, 1.807) is 17.3 Å². The van der Waals surface area contributed by atoms with Crippen molar-refractivity contribution in [1.82, 2.24) is 4.90 Å². The van der Waals surface area contributed by atoms with Gasteiger partial charge in [0.2, 0.25) is 0 Å². The lowest BCUT2D eigenvalue weighted by molar-refractivity contribution is 0.238. The fourth-order valence-corrected chi connectivity index (χ4v) is 2.41. The van der Waals surface area contributed by atoms with Crippen LogP contribution >= 0.6 is 23.4 Å². The van der Waals surface area contributed by atoms with Gasteiger partial charge in [0.15, 0.2) is 0 Å². The third-order valence-electron chi connectivity index (χ3n) is 2.71. The minimum Gasteiger partial charge on any atom is -0.299 e. The summed E-state index contributed by atoms with van der Waals surface area (Å²) in [6.07, 6.45) is 5.89. The van der Waals surface area contributed by atoms with Gasteiger partial charge in [-0.15, -0.1) is 11.8 Å². The van der Waals surface area contributed by atoms with Gasteiger partial charge in [-0.1, -0.05) is 17.7 Å². The number of piperidine rings is 1. The molecule has 0 unspecified atom stereocenters. The van der Waals surface area contributed by atoms with Crippen molar-refractivity contribution in [3.63, 3.8) is 0 Å². The van der Waals surface area contributed by atoms with Crippen LogP contribution in [-0.4, -0.2) is 35.5 Å². The molecule has 78 valence electrons. The van der Waals surface area contributed by atoms with Crippen molar-refractivity contribution in [3.8, 4) is 6.07 Å². The fourth-order valence-electron chi connectivity index (χ4n) is 1.65. The van der Waals surface area contributed by atoms with E-state index >= 15 is 0 Å². The lowest BCUT2D eigenvalue weighted by Gasteiger charge is -2.35. The summed E-state index contributed by atoms with van der Waals surface area (Å²) < 4.78 is -0.138. The van der Waals surface area contributed by atoms with Crippen molar-refractivity contribution in [3.05, 3.63) is 11.6 Å². The molecule has 14 heavy (non-hydrogen) atoms. The van der Waals surface area contributed by atoms with Crippen LogP contribution in [0.25, 0.3) is 0 Å². The van der Waals surface area contributed by atoms with Gasteiger partial charge in [-0.3, -0.25) is 4.90 Å². The predicted octanol–water partition coefficient (Wildman–Crippen LogP) is 2.46. The second-order valence-corrected chi connectivity index (χ2v) is 4.91. The van der Waals surface area contributed by atoms with Crippen molar-refractivity contribution in [2.75, 3.05) is 25.9 Å². The number of hydrogen-bond acceptors (Lipinski definition) is 3. The summed E-state index contributed by atoms with van der Waals surface area (Å²) in [5.74, 6) is 0. The molecule has 0 amide bonds. The predicted molar refractivity (Wildman–Crippen MR) is 62.5 cm³/mol. The minimum absolute atomic E-state index is 0.138. The number of hydrogen-bond donors (Lipinski definition) is 0. The molecule has 1 saturated heterocycles. The van der Waals surface area contributed by atoms with E-state index in [1.165, 1.54) is 0 Å². The van der Waals surface area contributed by atoms with Crippen molar-refractivity contribution >= 4 is 23.4 Å². The molecular weight excluding hydrogens is 216 g/mol. The van der Waals surface area contributed by atoms with Gasteiger partial charge in [-0.05, 0) is 19.1 Å². The number of halogens is 1. The van der Waals surface area contributed by atoms with Gasteiger partial charge in [-0.2, -0.15) is 5.26 Å². The van der Waals surface area contributed by atoms with Crippen LogP contribution in [0.5, 0.6) is 0 Å². The third kappa shape index (κ3) is 2.91. The second-order valence-electron chi connectivity index (χ2n) is 3.47. The fraction of sp³-hybridized carbons (Fsp3) is 0.700. The van der Waals surface area contributed by atoms with Crippen LogP contribution in [0.2, 0.25) is 0 Å². The molecule has 1 rings (SSSR count). The summed E-state index contributed by atoms with van der Waals surface area (Å²) in [7, 11) is 0. The number of nitriles is 1. The number of likely N-dealkylation sites (tertiary alicyclic amines) is 1. The highest BCUT2D eigenvalue weighted by Gasteiger charge is 2.33. The second kappa shape index (κ2) is 5.65. The molecule has 0 radical (unpaired) electrons. The van der Waals surface area contributed by atoms with Crippen molar-refractivity contribution in [1.29, 1.82) is 5.26 Å². The Balaban J connectivity index is 2.41. The Morgan fingerprint density at radius 2 is 2.21 bits per heavy atom. The van der Waals surface area contributed by atoms with E-state index in [0.717, 1.165) is 32.5 Å². The summed E-state index contributed by atoms with van der Waals surface area (Å²) in [6, 6.07) is 2.44. The lowest BCUT2D eigenvalue weighted by Crippen LogP contribution is -2.41. The molecule has 0 N–H and O–H groups in total. The third-order valence-corrected chi connectivity index (χ3v) is 4.17. The van der Waals surface area contributed by atoms with E-state index in [9.17, 15) is 0 Å². The van der Waals surface area contributed by atoms with Gasteiger partial charge >= 0.3 is 0 Å². The molecular formula is C10H15ClN2S. The Bertz CT molecular complexity index is 239.